The summed E-state index contributed by atoms with van der Waals surface area (Å²) in [6.07, 6.45) is 10.1. The van der Waals surface area contributed by atoms with Gasteiger partial charge in [0, 0.05) is 37.4 Å². The van der Waals surface area contributed by atoms with Crippen molar-refractivity contribution in [1.29, 1.82) is 0 Å². The smallest absolute Gasteiger partial charge is 0.239 e. The van der Waals surface area contributed by atoms with E-state index in [0.717, 1.165) is 6.54 Å². The fourth-order valence-electron chi connectivity index (χ4n) is 1.91. The summed E-state index contributed by atoms with van der Waals surface area (Å²) in [5, 5.41) is 5.97. The first-order valence-electron chi connectivity index (χ1n) is 6.90. The molecule has 7 heteroatoms. The van der Waals surface area contributed by atoms with Crippen molar-refractivity contribution in [3.63, 3.8) is 0 Å². The predicted molar refractivity (Wildman–Crippen MR) is 79.5 cm³/mol. The van der Waals surface area contributed by atoms with Gasteiger partial charge in [0.2, 0.25) is 5.91 Å². The summed E-state index contributed by atoms with van der Waals surface area (Å²) in [7, 11) is 0. The number of nitrogens with zero attached hydrogens (tertiary/aromatic N) is 4. The molecule has 0 aliphatic carbocycles. The number of nitrogens with one attached hydrogen (secondary N) is 2. The van der Waals surface area contributed by atoms with Gasteiger partial charge in [-0.3, -0.25) is 9.78 Å². The van der Waals surface area contributed by atoms with Crippen LogP contribution in [0.5, 0.6) is 0 Å². The van der Waals surface area contributed by atoms with Crippen LogP contribution < -0.4 is 10.6 Å². The van der Waals surface area contributed by atoms with E-state index in [1.807, 2.05) is 10.8 Å². The van der Waals surface area contributed by atoms with E-state index in [1.54, 1.807) is 24.9 Å². The Morgan fingerprint density at radius 1 is 1.29 bits per heavy atom. The van der Waals surface area contributed by atoms with Gasteiger partial charge in [0.1, 0.15) is 0 Å². The zero-order valence-electron chi connectivity index (χ0n) is 12.2. The highest BCUT2D eigenvalue weighted by atomic mass is 16.2. The Balaban J connectivity index is 1.82. The summed E-state index contributed by atoms with van der Waals surface area (Å²) < 4.78 is 2.00. The number of aromatic nitrogens is 4. The van der Waals surface area contributed by atoms with Crippen LogP contribution in [0.1, 0.15) is 13.8 Å². The minimum Gasteiger partial charge on any atom is -0.336 e. The molecule has 1 atom stereocenters. The van der Waals surface area contributed by atoms with E-state index in [-0.39, 0.29) is 18.5 Å². The molecule has 112 valence electrons. The number of rotatable bonds is 7. The lowest BCUT2D eigenvalue weighted by Crippen LogP contribution is -2.41. The third-order valence-corrected chi connectivity index (χ3v) is 3.13. The fourth-order valence-corrected chi connectivity index (χ4v) is 1.91. The van der Waals surface area contributed by atoms with Crippen LogP contribution in [0, 0.1) is 5.92 Å². The summed E-state index contributed by atoms with van der Waals surface area (Å²) >= 11 is 0. The van der Waals surface area contributed by atoms with Crippen LogP contribution in [0.2, 0.25) is 0 Å². The number of hydrogen-bond donors (Lipinski definition) is 2. The number of imidazole rings is 1. The van der Waals surface area contributed by atoms with E-state index in [9.17, 15) is 4.79 Å². The molecule has 0 aliphatic rings. The molecule has 1 amide bonds. The van der Waals surface area contributed by atoms with Crippen molar-refractivity contribution in [2.24, 2.45) is 5.92 Å². The molecule has 0 saturated heterocycles. The van der Waals surface area contributed by atoms with Gasteiger partial charge >= 0.3 is 0 Å². The van der Waals surface area contributed by atoms with Crippen molar-refractivity contribution in [1.82, 2.24) is 24.8 Å². The molecule has 2 heterocycles. The van der Waals surface area contributed by atoms with Gasteiger partial charge in [-0.1, -0.05) is 13.8 Å². The number of hydrogen-bond acceptors (Lipinski definition) is 5. The van der Waals surface area contributed by atoms with Crippen LogP contribution in [0.3, 0.4) is 0 Å². The topological polar surface area (TPSA) is 84.7 Å². The van der Waals surface area contributed by atoms with E-state index in [1.165, 1.54) is 6.20 Å². The van der Waals surface area contributed by atoms with Crippen LogP contribution in [-0.2, 0) is 11.3 Å². The van der Waals surface area contributed by atoms with Crippen molar-refractivity contribution in [2.75, 3.05) is 11.9 Å². The SMILES string of the molecule is CC(C)C(Cn1ccnc1)NCC(=O)Nc1cnccn1. The van der Waals surface area contributed by atoms with Gasteiger partial charge in [-0.05, 0) is 5.92 Å². The minimum absolute atomic E-state index is 0.133. The first-order chi connectivity index (χ1) is 10.1. The standard InChI is InChI=1S/C14H20N6O/c1-11(2)12(9-20-6-5-16-10-20)18-8-14(21)19-13-7-15-3-4-17-13/h3-7,10-12,18H,8-9H2,1-2H3,(H,17,19,21). The molecule has 2 rings (SSSR count). The van der Waals surface area contributed by atoms with Gasteiger partial charge < -0.3 is 15.2 Å². The maximum Gasteiger partial charge on any atom is 0.239 e. The summed E-state index contributed by atoms with van der Waals surface area (Å²) in [6.45, 7) is 5.24. The van der Waals surface area contributed by atoms with Crippen LogP contribution in [0.4, 0.5) is 5.82 Å². The average molecular weight is 288 g/mol. The van der Waals surface area contributed by atoms with Gasteiger partial charge in [0.15, 0.2) is 5.82 Å². The molecule has 2 aromatic rings. The number of amides is 1. The highest BCUT2D eigenvalue weighted by Crippen LogP contribution is 2.05. The second-order valence-electron chi connectivity index (χ2n) is 5.13. The first-order valence-corrected chi connectivity index (χ1v) is 6.90. The Labute approximate surface area is 123 Å². The lowest BCUT2D eigenvalue weighted by atomic mass is 10.0. The van der Waals surface area contributed by atoms with Crippen LogP contribution in [-0.4, -0.2) is 38.0 Å². The molecule has 0 bridgehead atoms. The quantitative estimate of drug-likeness (QED) is 0.791. The van der Waals surface area contributed by atoms with Crippen molar-refractivity contribution < 1.29 is 4.79 Å². The lowest BCUT2D eigenvalue weighted by Gasteiger charge is -2.22. The molecule has 2 N–H and O–H groups in total. The molecule has 0 aliphatic heterocycles. The van der Waals surface area contributed by atoms with Crippen molar-refractivity contribution in [3.8, 4) is 0 Å². The Morgan fingerprint density at radius 3 is 2.76 bits per heavy atom. The maximum absolute atomic E-state index is 11.9. The molecule has 1 unspecified atom stereocenters. The van der Waals surface area contributed by atoms with E-state index in [4.69, 9.17) is 0 Å². The Kier molecular flexibility index (Phi) is 5.39. The Bertz CT molecular complexity index is 540. The van der Waals surface area contributed by atoms with Crippen molar-refractivity contribution in [2.45, 2.75) is 26.4 Å². The average Bonchev–Trinajstić information content (AvgIpc) is 2.97. The predicted octanol–water partition coefficient (Wildman–Crippen LogP) is 0.926. The number of carbonyl (C=O) groups excluding carboxylic acids is 1. The third kappa shape index (κ3) is 4.96. The molecule has 21 heavy (non-hydrogen) atoms. The highest BCUT2D eigenvalue weighted by molar-refractivity contribution is 5.91. The monoisotopic (exact) mass is 288 g/mol. The molecular formula is C14H20N6O. The Hall–Kier alpha value is -2.28. The zero-order chi connectivity index (χ0) is 15.1. The van der Waals surface area contributed by atoms with E-state index in [2.05, 4.69) is 39.4 Å². The van der Waals surface area contributed by atoms with Crippen LogP contribution in [0.25, 0.3) is 0 Å². The second kappa shape index (κ2) is 7.49. The lowest BCUT2D eigenvalue weighted by molar-refractivity contribution is -0.115. The highest BCUT2D eigenvalue weighted by Gasteiger charge is 2.15. The molecule has 0 spiro atoms. The van der Waals surface area contributed by atoms with E-state index < -0.39 is 0 Å². The molecule has 0 radical (unpaired) electrons. The van der Waals surface area contributed by atoms with Crippen LogP contribution >= 0.6 is 0 Å². The van der Waals surface area contributed by atoms with E-state index >= 15 is 0 Å². The minimum atomic E-state index is -0.133. The molecule has 7 nitrogen and oxygen atoms in total. The molecule has 0 aromatic carbocycles. The van der Waals surface area contributed by atoms with Gasteiger partial charge in [0.05, 0.1) is 19.1 Å². The zero-order valence-corrected chi connectivity index (χ0v) is 12.2. The third-order valence-electron chi connectivity index (χ3n) is 3.13. The van der Waals surface area contributed by atoms with Gasteiger partial charge in [-0.2, -0.15) is 0 Å². The Morgan fingerprint density at radius 2 is 2.14 bits per heavy atom. The maximum atomic E-state index is 11.9. The summed E-state index contributed by atoms with van der Waals surface area (Å²) in [5.41, 5.74) is 0. The van der Waals surface area contributed by atoms with Gasteiger partial charge in [-0.25, -0.2) is 9.97 Å². The summed E-state index contributed by atoms with van der Waals surface area (Å²) in [4.78, 5) is 23.8. The molecule has 0 saturated carbocycles. The molecule has 0 fully saturated rings. The first kappa shape index (κ1) is 15.1. The summed E-state index contributed by atoms with van der Waals surface area (Å²) in [5.74, 6) is 0.725. The van der Waals surface area contributed by atoms with E-state index in [0.29, 0.717) is 11.7 Å². The fraction of sp³-hybridized carbons (Fsp3) is 0.429. The van der Waals surface area contributed by atoms with Crippen LogP contribution in [0.15, 0.2) is 37.3 Å². The van der Waals surface area contributed by atoms with Crippen molar-refractivity contribution >= 4 is 11.7 Å². The van der Waals surface area contributed by atoms with Crippen molar-refractivity contribution in [3.05, 3.63) is 37.3 Å². The summed E-state index contributed by atoms with van der Waals surface area (Å²) in [6, 6.07) is 0.187. The number of anilines is 1. The van der Waals surface area contributed by atoms with Gasteiger partial charge in [0.25, 0.3) is 0 Å². The van der Waals surface area contributed by atoms with Gasteiger partial charge in [-0.15, -0.1) is 0 Å². The number of carbonyl (C=O) groups is 1. The molecule has 2 aromatic heterocycles. The normalized spacial score (nSPS) is 12.3. The largest absolute Gasteiger partial charge is 0.336 e. The molecular weight excluding hydrogens is 268 g/mol. The second-order valence-corrected chi connectivity index (χ2v) is 5.13.